The van der Waals surface area contributed by atoms with Crippen LogP contribution in [0, 0.1) is 5.82 Å². The van der Waals surface area contributed by atoms with Gasteiger partial charge in [0.1, 0.15) is 5.82 Å². The van der Waals surface area contributed by atoms with Gasteiger partial charge in [-0.25, -0.2) is 9.18 Å². The van der Waals surface area contributed by atoms with Gasteiger partial charge in [0.05, 0.1) is 13.3 Å². The Labute approximate surface area is 111 Å². The summed E-state index contributed by atoms with van der Waals surface area (Å²) in [5, 5.41) is 6.01. The highest BCUT2D eigenvalue weighted by Gasteiger charge is 2.44. The molecule has 102 valence electrons. The highest BCUT2D eigenvalue weighted by atomic mass is 19.1. The molecular formula is C14H17FN2O2. The molecule has 1 aliphatic heterocycles. The standard InChI is InChI=1S/C14H17FN2O2/c1-14(13(18)19-2)7-4-8-17(14)16-10-11-5-3-6-12(15)9-11/h3,5-6,9-10H,4,7-8H2,1-2H3. The molecule has 19 heavy (non-hydrogen) atoms. The van der Waals surface area contributed by atoms with E-state index in [1.807, 2.05) is 6.92 Å². The summed E-state index contributed by atoms with van der Waals surface area (Å²) in [6.07, 6.45) is 3.15. The molecule has 4 nitrogen and oxygen atoms in total. The average Bonchev–Trinajstić information content (AvgIpc) is 2.78. The van der Waals surface area contributed by atoms with Gasteiger partial charge in [-0.05, 0) is 37.5 Å². The Morgan fingerprint density at radius 1 is 1.58 bits per heavy atom. The van der Waals surface area contributed by atoms with Gasteiger partial charge in [0.15, 0.2) is 5.54 Å². The van der Waals surface area contributed by atoms with Crippen molar-refractivity contribution < 1.29 is 13.9 Å². The predicted molar refractivity (Wildman–Crippen MR) is 70.4 cm³/mol. The Morgan fingerprint density at radius 2 is 2.37 bits per heavy atom. The smallest absolute Gasteiger partial charge is 0.333 e. The molecule has 1 aromatic rings. The Kier molecular flexibility index (Phi) is 3.83. The van der Waals surface area contributed by atoms with Crippen LogP contribution >= 0.6 is 0 Å². The number of carbonyl (C=O) groups excluding carboxylic acids is 1. The van der Waals surface area contributed by atoms with Crippen molar-refractivity contribution in [1.29, 1.82) is 0 Å². The fraction of sp³-hybridized carbons (Fsp3) is 0.429. The molecule has 1 aromatic carbocycles. The molecule has 1 fully saturated rings. The van der Waals surface area contributed by atoms with Gasteiger partial charge in [-0.2, -0.15) is 5.10 Å². The first-order valence-electron chi connectivity index (χ1n) is 6.22. The van der Waals surface area contributed by atoms with Gasteiger partial charge in [-0.15, -0.1) is 0 Å². The molecule has 2 rings (SSSR count). The third kappa shape index (κ3) is 2.75. The lowest BCUT2D eigenvalue weighted by molar-refractivity contribution is -0.152. The lowest BCUT2D eigenvalue weighted by Gasteiger charge is -2.29. The number of rotatable bonds is 3. The van der Waals surface area contributed by atoms with Crippen molar-refractivity contribution in [3.63, 3.8) is 0 Å². The van der Waals surface area contributed by atoms with Crippen LogP contribution in [-0.4, -0.2) is 36.4 Å². The van der Waals surface area contributed by atoms with Crippen LogP contribution in [-0.2, 0) is 9.53 Å². The topological polar surface area (TPSA) is 41.9 Å². The van der Waals surface area contributed by atoms with E-state index in [0.717, 1.165) is 6.42 Å². The second-order valence-electron chi connectivity index (χ2n) is 4.79. The van der Waals surface area contributed by atoms with E-state index in [4.69, 9.17) is 4.74 Å². The lowest BCUT2D eigenvalue weighted by Crippen LogP contribution is -2.45. The third-order valence-corrected chi connectivity index (χ3v) is 3.42. The Hall–Kier alpha value is -1.91. The maximum atomic E-state index is 13.1. The predicted octanol–water partition coefficient (Wildman–Crippen LogP) is 2.19. The largest absolute Gasteiger partial charge is 0.467 e. The summed E-state index contributed by atoms with van der Waals surface area (Å²) < 4.78 is 17.9. The van der Waals surface area contributed by atoms with E-state index in [0.29, 0.717) is 18.5 Å². The Morgan fingerprint density at radius 3 is 3.05 bits per heavy atom. The second-order valence-corrected chi connectivity index (χ2v) is 4.79. The Bertz CT molecular complexity index is 504. The van der Waals surface area contributed by atoms with Gasteiger partial charge < -0.3 is 4.74 Å². The third-order valence-electron chi connectivity index (χ3n) is 3.42. The monoisotopic (exact) mass is 264 g/mol. The van der Waals surface area contributed by atoms with Gasteiger partial charge in [-0.1, -0.05) is 12.1 Å². The molecule has 0 bridgehead atoms. The van der Waals surface area contributed by atoms with Gasteiger partial charge in [0, 0.05) is 6.54 Å². The zero-order valence-corrected chi connectivity index (χ0v) is 11.1. The molecule has 1 atom stereocenters. The van der Waals surface area contributed by atoms with E-state index in [1.165, 1.54) is 19.2 Å². The summed E-state index contributed by atoms with van der Waals surface area (Å²) in [5.74, 6) is -0.595. The number of halogens is 1. The molecule has 0 aliphatic carbocycles. The minimum absolute atomic E-state index is 0.290. The summed E-state index contributed by atoms with van der Waals surface area (Å²) in [7, 11) is 1.38. The fourth-order valence-corrected chi connectivity index (χ4v) is 2.28. The van der Waals surface area contributed by atoms with E-state index in [-0.39, 0.29) is 11.8 Å². The van der Waals surface area contributed by atoms with Crippen LogP contribution < -0.4 is 0 Å². The lowest BCUT2D eigenvalue weighted by atomic mass is 10.0. The molecule has 5 heteroatoms. The number of methoxy groups -OCH3 is 1. The summed E-state index contributed by atoms with van der Waals surface area (Å²) in [6.45, 7) is 2.51. The average molecular weight is 264 g/mol. The molecule has 0 aromatic heterocycles. The van der Waals surface area contributed by atoms with Crippen molar-refractivity contribution in [2.45, 2.75) is 25.3 Å². The van der Waals surface area contributed by atoms with Crippen molar-refractivity contribution in [2.24, 2.45) is 5.10 Å². The van der Waals surface area contributed by atoms with Gasteiger partial charge in [-0.3, -0.25) is 5.01 Å². The fourth-order valence-electron chi connectivity index (χ4n) is 2.28. The van der Waals surface area contributed by atoms with Crippen LogP contribution in [0.15, 0.2) is 29.4 Å². The number of esters is 1. The molecule has 1 saturated heterocycles. The van der Waals surface area contributed by atoms with Crippen molar-refractivity contribution >= 4 is 12.2 Å². The highest BCUT2D eigenvalue weighted by Crippen LogP contribution is 2.30. The molecule has 0 amide bonds. The zero-order valence-electron chi connectivity index (χ0n) is 11.1. The first-order chi connectivity index (χ1) is 9.06. The number of ether oxygens (including phenoxy) is 1. The van der Waals surface area contributed by atoms with Crippen molar-refractivity contribution in [3.05, 3.63) is 35.6 Å². The molecule has 0 spiro atoms. The first-order valence-corrected chi connectivity index (χ1v) is 6.22. The van der Waals surface area contributed by atoms with Crippen LogP contribution in [0.2, 0.25) is 0 Å². The van der Waals surface area contributed by atoms with Crippen molar-refractivity contribution in [1.82, 2.24) is 5.01 Å². The molecule has 1 aliphatic rings. The maximum absolute atomic E-state index is 13.1. The highest BCUT2D eigenvalue weighted by molar-refractivity contribution is 5.82. The van der Waals surface area contributed by atoms with Crippen molar-refractivity contribution in [3.8, 4) is 0 Å². The van der Waals surface area contributed by atoms with Crippen LogP contribution in [0.3, 0.4) is 0 Å². The van der Waals surface area contributed by atoms with Crippen LogP contribution in [0.4, 0.5) is 4.39 Å². The normalized spacial score (nSPS) is 23.0. The Balaban J connectivity index is 2.16. The number of nitrogens with zero attached hydrogens (tertiary/aromatic N) is 2. The van der Waals surface area contributed by atoms with Gasteiger partial charge >= 0.3 is 5.97 Å². The second kappa shape index (κ2) is 5.38. The van der Waals surface area contributed by atoms with Crippen LogP contribution in [0.5, 0.6) is 0 Å². The molecule has 0 radical (unpaired) electrons. The van der Waals surface area contributed by atoms with Crippen LogP contribution in [0.1, 0.15) is 25.3 Å². The number of hydrogen-bond acceptors (Lipinski definition) is 4. The SMILES string of the molecule is COC(=O)C1(C)CCCN1N=Cc1cccc(F)c1. The van der Waals surface area contributed by atoms with Gasteiger partial charge in [0.25, 0.3) is 0 Å². The summed E-state index contributed by atoms with van der Waals surface area (Å²) >= 11 is 0. The minimum atomic E-state index is -0.724. The molecule has 1 unspecified atom stereocenters. The molecule has 0 saturated carbocycles. The quantitative estimate of drug-likeness (QED) is 0.620. The van der Waals surface area contributed by atoms with Crippen molar-refractivity contribution in [2.75, 3.05) is 13.7 Å². The number of hydrazone groups is 1. The molecule has 0 N–H and O–H groups in total. The first kappa shape index (κ1) is 13.5. The minimum Gasteiger partial charge on any atom is -0.467 e. The number of hydrogen-bond donors (Lipinski definition) is 0. The summed E-state index contributed by atoms with van der Waals surface area (Å²) in [4.78, 5) is 11.8. The van der Waals surface area contributed by atoms with E-state index in [2.05, 4.69) is 5.10 Å². The van der Waals surface area contributed by atoms with Crippen LogP contribution in [0.25, 0.3) is 0 Å². The van der Waals surface area contributed by atoms with E-state index < -0.39 is 5.54 Å². The number of carbonyl (C=O) groups is 1. The maximum Gasteiger partial charge on any atom is 0.333 e. The summed E-state index contributed by atoms with van der Waals surface area (Å²) in [6, 6.07) is 6.17. The zero-order chi connectivity index (χ0) is 13.9. The summed E-state index contributed by atoms with van der Waals surface area (Å²) in [5.41, 5.74) is -0.0578. The number of benzene rings is 1. The molecule has 1 heterocycles. The molecular weight excluding hydrogens is 247 g/mol. The van der Waals surface area contributed by atoms with E-state index in [9.17, 15) is 9.18 Å². The van der Waals surface area contributed by atoms with Gasteiger partial charge in [0.2, 0.25) is 0 Å². The van der Waals surface area contributed by atoms with E-state index in [1.54, 1.807) is 23.4 Å². The van der Waals surface area contributed by atoms with E-state index >= 15 is 0 Å².